The molecule has 0 radical (unpaired) electrons. The molecule has 1 aromatic heterocycles. The Morgan fingerprint density at radius 2 is 2.35 bits per heavy atom. The van der Waals surface area contributed by atoms with Gasteiger partial charge in [0.05, 0.1) is 29.8 Å². The predicted octanol–water partition coefficient (Wildman–Crippen LogP) is 0.995. The molecule has 7 heteroatoms. The second kappa shape index (κ2) is 4.66. The molecule has 1 saturated heterocycles. The summed E-state index contributed by atoms with van der Waals surface area (Å²) in [7, 11) is -3.30. The molecule has 1 fully saturated rings. The van der Waals surface area contributed by atoms with Crippen LogP contribution in [0.3, 0.4) is 0 Å². The molecule has 17 heavy (non-hydrogen) atoms. The van der Waals surface area contributed by atoms with E-state index in [0.29, 0.717) is 12.3 Å². The van der Waals surface area contributed by atoms with Crippen molar-refractivity contribution in [2.75, 3.05) is 17.9 Å². The third kappa shape index (κ3) is 2.78. The van der Waals surface area contributed by atoms with Gasteiger partial charge in [-0.15, -0.1) is 0 Å². The van der Waals surface area contributed by atoms with Crippen molar-refractivity contribution in [2.24, 2.45) is 0 Å². The number of sulfonamides is 1. The summed E-state index contributed by atoms with van der Waals surface area (Å²) in [5, 5.41) is 3.69. The summed E-state index contributed by atoms with van der Waals surface area (Å²) < 4.78 is 32.8. The minimum atomic E-state index is -3.30. The fourth-order valence-electron chi connectivity index (χ4n) is 1.60. The van der Waals surface area contributed by atoms with Crippen LogP contribution in [0.1, 0.15) is 26.3 Å². The van der Waals surface area contributed by atoms with Crippen LogP contribution >= 0.6 is 0 Å². The lowest BCUT2D eigenvalue weighted by molar-refractivity contribution is 0.184. The zero-order chi connectivity index (χ0) is 12.5. The Bertz CT molecular complexity index is 475. The highest BCUT2D eigenvalue weighted by Crippen LogP contribution is 2.20. The van der Waals surface area contributed by atoms with E-state index < -0.39 is 15.3 Å². The second-order valence-corrected chi connectivity index (χ2v) is 6.66. The fourth-order valence-corrected chi connectivity index (χ4v) is 2.27. The number of hydrogen-bond donors (Lipinski definition) is 1. The van der Waals surface area contributed by atoms with Gasteiger partial charge in [-0.3, -0.25) is 9.40 Å². The molecule has 0 aromatic carbocycles. The van der Waals surface area contributed by atoms with Crippen molar-refractivity contribution < 1.29 is 13.2 Å². The first kappa shape index (κ1) is 12.4. The highest BCUT2D eigenvalue weighted by Gasteiger charge is 2.20. The van der Waals surface area contributed by atoms with Gasteiger partial charge < -0.3 is 4.74 Å². The zero-order valence-corrected chi connectivity index (χ0v) is 10.8. The SMILES string of the molecule is CC(C)S(=O)(=O)Nc1cnn(C2CCOC2)c1. The first-order valence-corrected chi connectivity index (χ1v) is 7.17. The van der Waals surface area contributed by atoms with Crippen molar-refractivity contribution in [1.29, 1.82) is 0 Å². The molecule has 2 rings (SSSR count). The average Bonchev–Trinajstić information content (AvgIpc) is 2.85. The number of anilines is 1. The molecule has 0 bridgehead atoms. The Balaban J connectivity index is 2.08. The van der Waals surface area contributed by atoms with E-state index in [-0.39, 0.29) is 6.04 Å². The molecular weight excluding hydrogens is 242 g/mol. The number of ether oxygens (including phenoxy) is 1. The van der Waals surface area contributed by atoms with Gasteiger partial charge in [0.25, 0.3) is 0 Å². The third-order valence-corrected chi connectivity index (χ3v) is 4.52. The zero-order valence-electron chi connectivity index (χ0n) is 9.96. The van der Waals surface area contributed by atoms with Crippen molar-refractivity contribution in [1.82, 2.24) is 9.78 Å². The van der Waals surface area contributed by atoms with Crippen LogP contribution in [-0.2, 0) is 14.8 Å². The first-order chi connectivity index (χ1) is 7.99. The van der Waals surface area contributed by atoms with E-state index in [1.807, 2.05) is 0 Å². The Morgan fingerprint density at radius 1 is 1.59 bits per heavy atom. The molecule has 1 aliphatic heterocycles. The van der Waals surface area contributed by atoms with E-state index in [1.54, 1.807) is 24.7 Å². The molecule has 1 unspecified atom stereocenters. The van der Waals surface area contributed by atoms with Gasteiger partial charge in [-0.05, 0) is 20.3 Å². The molecule has 0 amide bonds. The van der Waals surface area contributed by atoms with Gasteiger partial charge in [-0.25, -0.2) is 8.42 Å². The van der Waals surface area contributed by atoms with Gasteiger partial charge in [0.15, 0.2) is 0 Å². The molecule has 1 aromatic rings. The Kier molecular flexibility index (Phi) is 3.39. The summed E-state index contributed by atoms with van der Waals surface area (Å²) in [6.45, 7) is 4.64. The van der Waals surface area contributed by atoms with Crippen LogP contribution in [0, 0.1) is 0 Å². The Morgan fingerprint density at radius 3 is 2.94 bits per heavy atom. The second-order valence-electron chi connectivity index (χ2n) is 4.42. The minimum absolute atomic E-state index is 0.215. The van der Waals surface area contributed by atoms with Gasteiger partial charge in [-0.1, -0.05) is 0 Å². The van der Waals surface area contributed by atoms with Crippen LogP contribution in [0.15, 0.2) is 12.4 Å². The third-order valence-electron chi connectivity index (χ3n) is 2.76. The summed E-state index contributed by atoms with van der Waals surface area (Å²) in [5.74, 6) is 0. The Hall–Kier alpha value is -1.08. The highest BCUT2D eigenvalue weighted by atomic mass is 32.2. The number of aromatic nitrogens is 2. The van der Waals surface area contributed by atoms with Crippen LogP contribution in [0.4, 0.5) is 5.69 Å². The molecule has 0 aliphatic carbocycles. The van der Waals surface area contributed by atoms with Crippen molar-refractivity contribution in [3.63, 3.8) is 0 Å². The summed E-state index contributed by atoms with van der Waals surface area (Å²) in [6, 6.07) is 0.215. The topological polar surface area (TPSA) is 73.2 Å². The largest absolute Gasteiger partial charge is 0.379 e. The monoisotopic (exact) mass is 259 g/mol. The molecule has 96 valence electrons. The summed E-state index contributed by atoms with van der Waals surface area (Å²) in [6.07, 6.45) is 4.15. The molecule has 1 aliphatic rings. The number of nitrogens with one attached hydrogen (secondary N) is 1. The maximum absolute atomic E-state index is 11.7. The molecule has 6 nitrogen and oxygen atoms in total. The van der Waals surface area contributed by atoms with Crippen LogP contribution in [0.25, 0.3) is 0 Å². The summed E-state index contributed by atoms with van der Waals surface area (Å²) in [5.41, 5.74) is 0.505. The fraction of sp³-hybridized carbons (Fsp3) is 0.700. The lowest BCUT2D eigenvalue weighted by atomic mass is 10.3. The van der Waals surface area contributed by atoms with Crippen molar-refractivity contribution in [3.8, 4) is 0 Å². The van der Waals surface area contributed by atoms with E-state index in [4.69, 9.17) is 4.74 Å². The smallest absolute Gasteiger partial charge is 0.235 e. The molecular formula is C10H17N3O3S. The standard InChI is InChI=1S/C10H17N3O3S/c1-8(2)17(14,15)12-9-5-11-13(6-9)10-3-4-16-7-10/h5-6,8,10,12H,3-4,7H2,1-2H3. The maximum atomic E-state index is 11.7. The molecule has 0 saturated carbocycles. The van der Waals surface area contributed by atoms with E-state index >= 15 is 0 Å². The minimum Gasteiger partial charge on any atom is -0.379 e. The molecule has 2 heterocycles. The highest BCUT2D eigenvalue weighted by molar-refractivity contribution is 7.93. The summed E-state index contributed by atoms with van der Waals surface area (Å²) >= 11 is 0. The predicted molar refractivity (Wildman–Crippen MR) is 64.4 cm³/mol. The van der Waals surface area contributed by atoms with Crippen LogP contribution in [0.2, 0.25) is 0 Å². The first-order valence-electron chi connectivity index (χ1n) is 5.62. The van der Waals surface area contributed by atoms with E-state index in [1.165, 1.54) is 6.20 Å². The number of hydrogen-bond acceptors (Lipinski definition) is 4. The molecule has 1 N–H and O–H groups in total. The summed E-state index contributed by atoms with van der Waals surface area (Å²) in [4.78, 5) is 0. The molecule has 1 atom stereocenters. The number of rotatable bonds is 4. The van der Waals surface area contributed by atoms with Gasteiger partial charge in [-0.2, -0.15) is 5.10 Å². The van der Waals surface area contributed by atoms with Gasteiger partial charge in [0.1, 0.15) is 0 Å². The lowest BCUT2D eigenvalue weighted by Gasteiger charge is -2.09. The van der Waals surface area contributed by atoms with Gasteiger partial charge in [0.2, 0.25) is 10.0 Å². The number of nitrogens with zero attached hydrogens (tertiary/aromatic N) is 2. The van der Waals surface area contributed by atoms with Gasteiger partial charge >= 0.3 is 0 Å². The Labute approximate surface area is 101 Å². The van der Waals surface area contributed by atoms with Crippen molar-refractivity contribution >= 4 is 15.7 Å². The van der Waals surface area contributed by atoms with Crippen LogP contribution in [-0.4, -0.2) is 36.7 Å². The van der Waals surface area contributed by atoms with Crippen molar-refractivity contribution in [2.45, 2.75) is 31.6 Å². The van der Waals surface area contributed by atoms with Crippen LogP contribution < -0.4 is 4.72 Å². The van der Waals surface area contributed by atoms with E-state index in [0.717, 1.165) is 13.0 Å². The quantitative estimate of drug-likeness (QED) is 0.875. The van der Waals surface area contributed by atoms with Crippen LogP contribution in [0.5, 0.6) is 0 Å². The molecule has 0 spiro atoms. The van der Waals surface area contributed by atoms with Crippen molar-refractivity contribution in [3.05, 3.63) is 12.4 Å². The maximum Gasteiger partial charge on any atom is 0.235 e. The van der Waals surface area contributed by atoms with E-state index in [9.17, 15) is 8.42 Å². The van der Waals surface area contributed by atoms with Gasteiger partial charge in [0, 0.05) is 12.8 Å². The normalized spacial score (nSPS) is 21.0. The lowest BCUT2D eigenvalue weighted by Crippen LogP contribution is -2.22. The van der Waals surface area contributed by atoms with E-state index in [2.05, 4.69) is 9.82 Å². The average molecular weight is 259 g/mol.